The van der Waals surface area contributed by atoms with Gasteiger partial charge in [-0.3, -0.25) is 4.90 Å². The molecule has 0 saturated carbocycles. The van der Waals surface area contributed by atoms with Crippen LogP contribution in [0, 0.1) is 6.92 Å². The van der Waals surface area contributed by atoms with E-state index in [-0.39, 0.29) is 5.54 Å². The molecule has 0 aliphatic rings. The maximum absolute atomic E-state index is 6.39. The highest BCUT2D eigenvalue weighted by Gasteiger charge is 2.27. The van der Waals surface area contributed by atoms with Crippen LogP contribution in [-0.4, -0.2) is 33.7 Å². The van der Waals surface area contributed by atoms with Crippen molar-refractivity contribution in [3.8, 4) is 11.3 Å². The molecule has 1 aromatic carbocycles. The molecule has 0 amide bonds. The standard InChI is InChI=1S/C19H28N4/c1-6-23(7-2)19(4,5)13-16-17(20)14(3)18(22-21-16)15-11-9-8-10-12-15/h8-12H,6-7,13H2,1-5H3,(H2,20,22). The molecule has 1 heterocycles. The van der Waals surface area contributed by atoms with Gasteiger partial charge in [-0.2, -0.15) is 5.10 Å². The van der Waals surface area contributed by atoms with E-state index in [1.165, 1.54) is 0 Å². The van der Waals surface area contributed by atoms with Gasteiger partial charge < -0.3 is 5.73 Å². The lowest BCUT2D eigenvalue weighted by molar-refractivity contribution is 0.134. The maximum atomic E-state index is 6.39. The Hall–Kier alpha value is -1.94. The molecule has 0 spiro atoms. The van der Waals surface area contributed by atoms with E-state index in [4.69, 9.17) is 5.73 Å². The van der Waals surface area contributed by atoms with Gasteiger partial charge in [0.25, 0.3) is 0 Å². The maximum Gasteiger partial charge on any atom is 0.0979 e. The van der Waals surface area contributed by atoms with Gasteiger partial charge in [-0.25, -0.2) is 0 Å². The van der Waals surface area contributed by atoms with Crippen LogP contribution in [0.2, 0.25) is 0 Å². The van der Waals surface area contributed by atoms with Crippen LogP contribution in [0.1, 0.15) is 39.0 Å². The lowest BCUT2D eigenvalue weighted by Gasteiger charge is -2.37. The first kappa shape index (κ1) is 17.4. The fraction of sp³-hybridized carbons (Fsp3) is 0.474. The SMILES string of the molecule is CCN(CC)C(C)(C)Cc1nnc(-c2ccccc2)c(C)c1N. The van der Waals surface area contributed by atoms with E-state index in [9.17, 15) is 0 Å². The topological polar surface area (TPSA) is 55.0 Å². The van der Waals surface area contributed by atoms with E-state index in [1.54, 1.807) is 0 Å². The van der Waals surface area contributed by atoms with Gasteiger partial charge in [0.1, 0.15) is 0 Å². The fourth-order valence-electron chi connectivity index (χ4n) is 3.19. The predicted molar refractivity (Wildman–Crippen MR) is 97.3 cm³/mol. The van der Waals surface area contributed by atoms with Crippen molar-refractivity contribution in [1.29, 1.82) is 0 Å². The van der Waals surface area contributed by atoms with Crippen molar-refractivity contribution in [2.24, 2.45) is 0 Å². The molecule has 0 bridgehead atoms. The molecule has 2 N–H and O–H groups in total. The molecule has 0 atom stereocenters. The van der Waals surface area contributed by atoms with Crippen LogP contribution in [0.5, 0.6) is 0 Å². The van der Waals surface area contributed by atoms with Crippen LogP contribution < -0.4 is 5.73 Å². The minimum atomic E-state index is 0.00695. The van der Waals surface area contributed by atoms with Gasteiger partial charge in [-0.1, -0.05) is 44.2 Å². The van der Waals surface area contributed by atoms with Crippen molar-refractivity contribution in [3.05, 3.63) is 41.6 Å². The Balaban J connectivity index is 2.34. The highest BCUT2D eigenvalue weighted by molar-refractivity contribution is 5.69. The second kappa shape index (κ2) is 7.09. The van der Waals surface area contributed by atoms with Gasteiger partial charge in [0.15, 0.2) is 0 Å². The average Bonchev–Trinajstić information content (AvgIpc) is 2.53. The monoisotopic (exact) mass is 312 g/mol. The lowest BCUT2D eigenvalue weighted by Crippen LogP contribution is -2.45. The molecule has 0 fully saturated rings. The number of nitrogens with two attached hydrogens (primary N) is 1. The molecule has 0 unspecified atom stereocenters. The third-order valence-electron chi connectivity index (χ3n) is 4.61. The summed E-state index contributed by atoms with van der Waals surface area (Å²) in [6, 6.07) is 10.1. The van der Waals surface area contributed by atoms with Gasteiger partial charge in [0.2, 0.25) is 0 Å². The lowest BCUT2D eigenvalue weighted by atomic mass is 9.93. The number of benzene rings is 1. The fourth-order valence-corrected chi connectivity index (χ4v) is 3.19. The Morgan fingerprint density at radius 3 is 2.22 bits per heavy atom. The van der Waals surface area contributed by atoms with Gasteiger partial charge >= 0.3 is 0 Å². The Morgan fingerprint density at radius 1 is 1.04 bits per heavy atom. The summed E-state index contributed by atoms with van der Waals surface area (Å²) in [5, 5.41) is 8.91. The highest BCUT2D eigenvalue weighted by Crippen LogP contribution is 2.28. The summed E-state index contributed by atoms with van der Waals surface area (Å²) >= 11 is 0. The Labute approximate surface area is 139 Å². The molecule has 4 nitrogen and oxygen atoms in total. The number of anilines is 1. The van der Waals surface area contributed by atoms with Crippen LogP contribution in [-0.2, 0) is 6.42 Å². The van der Waals surface area contributed by atoms with Crippen LogP contribution in [0.3, 0.4) is 0 Å². The van der Waals surface area contributed by atoms with Gasteiger partial charge in [0, 0.05) is 23.1 Å². The minimum absolute atomic E-state index is 0.00695. The first-order valence-corrected chi connectivity index (χ1v) is 8.32. The van der Waals surface area contributed by atoms with E-state index < -0.39 is 0 Å². The third kappa shape index (κ3) is 3.70. The molecular weight excluding hydrogens is 284 g/mol. The molecule has 0 radical (unpaired) electrons. The van der Waals surface area contributed by atoms with E-state index in [0.29, 0.717) is 0 Å². The highest BCUT2D eigenvalue weighted by atomic mass is 15.2. The number of hydrogen-bond donors (Lipinski definition) is 1. The van der Waals surface area contributed by atoms with E-state index in [2.05, 4.69) is 42.8 Å². The molecule has 0 aliphatic carbocycles. The number of likely N-dealkylation sites (N-methyl/N-ethyl adjacent to an activating group) is 1. The predicted octanol–water partition coefficient (Wildman–Crippen LogP) is 3.70. The zero-order valence-corrected chi connectivity index (χ0v) is 14.9. The van der Waals surface area contributed by atoms with Crippen molar-refractivity contribution in [2.45, 2.75) is 46.6 Å². The number of hydrogen-bond acceptors (Lipinski definition) is 4. The number of nitrogens with zero attached hydrogens (tertiary/aromatic N) is 3. The van der Waals surface area contributed by atoms with Crippen molar-refractivity contribution < 1.29 is 0 Å². The van der Waals surface area contributed by atoms with Gasteiger partial charge in [0.05, 0.1) is 17.1 Å². The first-order chi connectivity index (χ1) is 10.9. The molecule has 1 aromatic heterocycles. The summed E-state index contributed by atoms with van der Waals surface area (Å²) in [5.74, 6) is 0. The average molecular weight is 312 g/mol. The Bertz CT molecular complexity index is 646. The zero-order chi connectivity index (χ0) is 17.0. The molecule has 124 valence electrons. The largest absolute Gasteiger partial charge is 0.397 e. The second-order valence-electron chi connectivity index (χ2n) is 6.56. The smallest absolute Gasteiger partial charge is 0.0979 e. The van der Waals surface area contributed by atoms with E-state index in [1.807, 2.05) is 37.3 Å². The van der Waals surface area contributed by atoms with Crippen molar-refractivity contribution in [2.75, 3.05) is 18.8 Å². The molecule has 23 heavy (non-hydrogen) atoms. The Kier molecular flexibility index (Phi) is 5.37. The minimum Gasteiger partial charge on any atom is -0.397 e. The third-order valence-corrected chi connectivity index (χ3v) is 4.61. The molecule has 0 aliphatic heterocycles. The molecule has 2 rings (SSSR count). The quantitative estimate of drug-likeness (QED) is 0.883. The zero-order valence-electron chi connectivity index (χ0n) is 14.9. The summed E-state index contributed by atoms with van der Waals surface area (Å²) in [6.45, 7) is 12.9. The van der Waals surface area contributed by atoms with Crippen molar-refractivity contribution in [3.63, 3.8) is 0 Å². The number of nitrogen functional groups attached to an aromatic ring is 1. The van der Waals surface area contributed by atoms with Gasteiger partial charge in [-0.15, -0.1) is 5.10 Å². The summed E-state index contributed by atoms with van der Waals surface area (Å²) in [7, 11) is 0. The van der Waals surface area contributed by atoms with Gasteiger partial charge in [-0.05, 0) is 33.9 Å². The van der Waals surface area contributed by atoms with Crippen LogP contribution in [0.15, 0.2) is 30.3 Å². The van der Waals surface area contributed by atoms with Crippen molar-refractivity contribution >= 4 is 5.69 Å². The number of aromatic nitrogens is 2. The summed E-state index contributed by atoms with van der Waals surface area (Å²) in [5.41, 5.74) is 11.0. The molecule has 0 saturated heterocycles. The van der Waals surface area contributed by atoms with E-state index in [0.717, 1.165) is 47.7 Å². The summed E-state index contributed by atoms with van der Waals surface area (Å²) in [4.78, 5) is 2.43. The van der Waals surface area contributed by atoms with Crippen LogP contribution in [0.4, 0.5) is 5.69 Å². The van der Waals surface area contributed by atoms with E-state index >= 15 is 0 Å². The van der Waals surface area contributed by atoms with Crippen LogP contribution >= 0.6 is 0 Å². The number of rotatable bonds is 6. The first-order valence-electron chi connectivity index (χ1n) is 8.32. The van der Waals surface area contributed by atoms with Crippen LogP contribution in [0.25, 0.3) is 11.3 Å². The summed E-state index contributed by atoms with van der Waals surface area (Å²) in [6.07, 6.45) is 0.795. The molecule has 2 aromatic rings. The second-order valence-corrected chi connectivity index (χ2v) is 6.56. The molecule has 4 heteroatoms. The normalized spacial score (nSPS) is 11.9. The summed E-state index contributed by atoms with van der Waals surface area (Å²) < 4.78 is 0. The Morgan fingerprint density at radius 2 is 1.65 bits per heavy atom. The molecular formula is C19H28N4. The van der Waals surface area contributed by atoms with Crippen molar-refractivity contribution in [1.82, 2.24) is 15.1 Å².